The summed E-state index contributed by atoms with van der Waals surface area (Å²) in [4.78, 5) is 37.8. The Labute approximate surface area is 194 Å². The van der Waals surface area contributed by atoms with Crippen LogP contribution in [0.5, 0.6) is 0 Å². The van der Waals surface area contributed by atoms with Gasteiger partial charge in [0, 0.05) is 50.6 Å². The van der Waals surface area contributed by atoms with E-state index in [1.165, 1.54) is 0 Å². The van der Waals surface area contributed by atoms with Gasteiger partial charge in [-0.25, -0.2) is 0 Å². The van der Waals surface area contributed by atoms with Crippen molar-refractivity contribution in [2.45, 2.75) is 31.8 Å². The van der Waals surface area contributed by atoms with Crippen molar-refractivity contribution in [1.29, 1.82) is 0 Å². The Hall–Kier alpha value is -3.39. The number of rotatable bonds is 10. The highest BCUT2D eigenvalue weighted by atomic mass is 16.5. The summed E-state index contributed by atoms with van der Waals surface area (Å²) in [6, 6.07) is 14.5. The Bertz CT molecular complexity index is 936. The van der Waals surface area contributed by atoms with E-state index in [4.69, 9.17) is 4.74 Å². The summed E-state index contributed by atoms with van der Waals surface area (Å²) in [6.07, 6.45) is 3.26. The molecule has 1 saturated heterocycles. The highest BCUT2D eigenvalue weighted by molar-refractivity contribution is 5.96. The summed E-state index contributed by atoms with van der Waals surface area (Å²) >= 11 is 0. The fourth-order valence-electron chi connectivity index (χ4n) is 3.47. The third-order valence-electron chi connectivity index (χ3n) is 5.48. The van der Waals surface area contributed by atoms with E-state index < -0.39 is 0 Å². The molecule has 1 atom stereocenters. The predicted octanol–water partition coefficient (Wildman–Crippen LogP) is 2.67. The van der Waals surface area contributed by atoms with Crippen LogP contribution in [0, 0.1) is 0 Å². The van der Waals surface area contributed by atoms with Crippen LogP contribution in [0.25, 0.3) is 0 Å². The molecule has 0 radical (unpaired) electrons. The number of carbonyl (C=O) groups excluding carboxylic acids is 3. The van der Waals surface area contributed by atoms with E-state index in [0.717, 1.165) is 30.7 Å². The first-order valence-corrected chi connectivity index (χ1v) is 11.2. The van der Waals surface area contributed by atoms with Crippen LogP contribution in [0.4, 0.5) is 11.4 Å². The van der Waals surface area contributed by atoms with Gasteiger partial charge in [-0.2, -0.15) is 0 Å². The Balaban J connectivity index is 1.39. The van der Waals surface area contributed by atoms with Crippen molar-refractivity contribution in [3.8, 4) is 0 Å². The summed E-state index contributed by atoms with van der Waals surface area (Å²) in [6.45, 7) is 1.38. The molecule has 0 aromatic heterocycles. The number of ether oxygens (including phenoxy) is 1. The highest BCUT2D eigenvalue weighted by Crippen LogP contribution is 2.14. The first-order valence-electron chi connectivity index (χ1n) is 11.2. The second kappa shape index (κ2) is 12.0. The number of aryl methyl sites for hydroxylation is 1. The van der Waals surface area contributed by atoms with E-state index >= 15 is 0 Å². The molecule has 1 aliphatic rings. The zero-order valence-electron chi connectivity index (χ0n) is 19.2. The van der Waals surface area contributed by atoms with Gasteiger partial charge in [-0.1, -0.05) is 12.1 Å². The maximum absolute atomic E-state index is 12.3. The summed E-state index contributed by atoms with van der Waals surface area (Å²) in [5, 5.41) is 8.78. The van der Waals surface area contributed by atoms with Crippen LogP contribution in [-0.4, -0.2) is 62.5 Å². The smallest absolute Gasteiger partial charge is 0.251 e. The van der Waals surface area contributed by atoms with Gasteiger partial charge in [-0.3, -0.25) is 14.4 Å². The predicted molar refractivity (Wildman–Crippen MR) is 128 cm³/mol. The lowest BCUT2D eigenvalue weighted by Crippen LogP contribution is -2.31. The van der Waals surface area contributed by atoms with E-state index in [-0.39, 0.29) is 30.4 Å². The third-order valence-corrected chi connectivity index (χ3v) is 5.48. The monoisotopic (exact) mass is 452 g/mol. The molecule has 1 heterocycles. The van der Waals surface area contributed by atoms with Crippen molar-refractivity contribution in [3.63, 3.8) is 0 Å². The van der Waals surface area contributed by atoms with Gasteiger partial charge in [0.1, 0.15) is 0 Å². The largest absolute Gasteiger partial charge is 0.376 e. The molecule has 2 aromatic carbocycles. The Morgan fingerprint density at radius 2 is 1.70 bits per heavy atom. The van der Waals surface area contributed by atoms with Gasteiger partial charge < -0.3 is 25.6 Å². The molecular formula is C25H32N4O4. The summed E-state index contributed by atoms with van der Waals surface area (Å²) in [5.74, 6) is -0.244. The lowest BCUT2D eigenvalue weighted by Gasteiger charge is -2.12. The average molecular weight is 453 g/mol. The molecule has 0 aliphatic carbocycles. The van der Waals surface area contributed by atoms with Crippen molar-refractivity contribution in [3.05, 3.63) is 59.7 Å². The van der Waals surface area contributed by atoms with Crippen molar-refractivity contribution < 1.29 is 19.1 Å². The molecule has 3 N–H and O–H groups in total. The molecule has 8 nitrogen and oxygen atoms in total. The van der Waals surface area contributed by atoms with Crippen LogP contribution in [0.1, 0.15) is 35.2 Å². The molecule has 8 heteroatoms. The molecule has 0 saturated carbocycles. The summed E-state index contributed by atoms with van der Waals surface area (Å²) in [5.41, 5.74) is 3.06. The first kappa shape index (κ1) is 24.3. The van der Waals surface area contributed by atoms with E-state index in [0.29, 0.717) is 30.6 Å². The lowest BCUT2D eigenvalue weighted by molar-refractivity contribution is -0.128. The highest BCUT2D eigenvalue weighted by Gasteiger charge is 2.16. The standard InChI is InChI=1S/C25H32N4O4/c1-29(2)24(31)14-7-18-5-10-20(11-6-18)26-17-23(30)28-21-12-8-19(9-13-21)25(32)27-16-22-4-3-15-33-22/h5-6,8-13,22,26H,3-4,7,14-17H2,1-2H3,(H,27,32)(H,28,30). The van der Waals surface area contributed by atoms with Crippen LogP contribution in [0.15, 0.2) is 48.5 Å². The average Bonchev–Trinajstić information content (AvgIpc) is 3.34. The Morgan fingerprint density at radius 1 is 1.00 bits per heavy atom. The van der Waals surface area contributed by atoms with E-state index in [2.05, 4.69) is 16.0 Å². The number of anilines is 2. The number of amides is 3. The van der Waals surface area contributed by atoms with Crippen LogP contribution < -0.4 is 16.0 Å². The molecule has 176 valence electrons. The molecule has 1 fully saturated rings. The maximum Gasteiger partial charge on any atom is 0.251 e. The quantitative estimate of drug-likeness (QED) is 0.515. The van der Waals surface area contributed by atoms with Crippen molar-refractivity contribution in [2.24, 2.45) is 0 Å². The topological polar surface area (TPSA) is 99.8 Å². The van der Waals surface area contributed by atoms with Gasteiger partial charge in [0.2, 0.25) is 11.8 Å². The molecule has 2 aromatic rings. The second-order valence-electron chi connectivity index (χ2n) is 8.31. The minimum absolute atomic E-state index is 0.0983. The fourth-order valence-corrected chi connectivity index (χ4v) is 3.47. The van der Waals surface area contributed by atoms with Gasteiger partial charge in [0.15, 0.2) is 0 Å². The zero-order chi connectivity index (χ0) is 23.6. The van der Waals surface area contributed by atoms with Crippen molar-refractivity contribution in [2.75, 3.05) is 44.4 Å². The zero-order valence-corrected chi connectivity index (χ0v) is 19.2. The summed E-state index contributed by atoms with van der Waals surface area (Å²) < 4.78 is 5.51. The van der Waals surface area contributed by atoms with Crippen molar-refractivity contribution in [1.82, 2.24) is 10.2 Å². The lowest BCUT2D eigenvalue weighted by atomic mass is 10.1. The molecule has 33 heavy (non-hydrogen) atoms. The molecule has 1 aliphatic heterocycles. The SMILES string of the molecule is CN(C)C(=O)CCc1ccc(NCC(=O)Nc2ccc(C(=O)NCC3CCCO3)cc2)cc1. The Kier molecular flexibility index (Phi) is 8.83. The van der Waals surface area contributed by atoms with Crippen LogP contribution >= 0.6 is 0 Å². The number of hydrogen-bond acceptors (Lipinski definition) is 5. The second-order valence-corrected chi connectivity index (χ2v) is 8.31. The normalized spacial score (nSPS) is 15.0. The van der Waals surface area contributed by atoms with E-state index in [1.54, 1.807) is 43.3 Å². The number of carbonyl (C=O) groups is 3. The van der Waals surface area contributed by atoms with E-state index in [9.17, 15) is 14.4 Å². The number of hydrogen-bond donors (Lipinski definition) is 3. The minimum atomic E-state index is -0.189. The van der Waals surface area contributed by atoms with Gasteiger partial charge in [0.25, 0.3) is 5.91 Å². The first-order chi connectivity index (χ1) is 15.9. The Morgan fingerprint density at radius 3 is 2.33 bits per heavy atom. The maximum atomic E-state index is 12.3. The van der Waals surface area contributed by atoms with Crippen molar-refractivity contribution >= 4 is 29.1 Å². The van der Waals surface area contributed by atoms with Gasteiger partial charge >= 0.3 is 0 Å². The number of benzene rings is 2. The fraction of sp³-hybridized carbons (Fsp3) is 0.400. The van der Waals surface area contributed by atoms with Crippen LogP contribution in [0.2, 0.25) is 0 Å². The molecule has 3 amide bonds. The molecular weight excluding hydrogens is 420 g/mol. The van der Waals surface area contributed by atoms with Gasteiger partial charge in [-0.05, 0) is 61.2 Å². The molecule has 0 spiro atoms. The molecule has 3 rings (SSSR count). The van der Waals surface area contributed by atoms with E-state index in [1.807, 2.05) is 24.3 Å². The molecule has 1 unspecified atom stereocenters. The van der Waals surface area contributed by atoms with Gasteiger partial charge in [-0.15, -0.1) is 0 Å². The number of nitrogens with one attached hydrogen (secondary N) is 3. The molecule has 0 bridgehead atoms. The van der Waals surface area contributed by atoms with Gasteiger partial charge in [0.05, 0.1) is 12.6 Å². The summed E-state index contributed by atoms with van der Waals surface area (Å²) in [7, 11) is 3.50. The third kappa shape index (κ3) is 7.91. The number of nitrogens with zero attached hydrogens (tertiary/aromatic N) is 1. The minimum Gasteiger partial charge on any atom is -0.376 e. The van der Waals surface area contributed by atoms with Crippen LogP contribution in [0.3, 0.4) is 0 Å². The van der Waals surface area contributed by atoms with Crippen LogP contribution in [-0.2, 0) is 20.7 Å².